The molecule has 0 aromatic carbocycles. The lowest BCUT2D eigenvalue weighted by atomic mass is 9.54. The van der Waals surface area contributed by atoms with Crippen molar-refractivity contribution in [1.29, 1.82) is 0 Å². The smallest absolute Gasteiger partial charge is 0.309 e. The number of carbonyl (C=O) groups excluding carboxylic acids is 1. The van der Waals surface area contributed by atoms with Crippen LogP contribution in [-0.4, -0.2) is 67.6 Å². The molecule has 10 unspecified atom stereocenters. The van der Waals surface area contributed by atoms with Crippen molar-refractivity contribution in [3.63, 3.8) is 0 Å². The van der Waals surface area contributed by atoms with E-state index in [1.165, 1.54) is 7.11 Å². The summed E-state index contributed by atoms with van der Waals surface area (Å²) in [6.45, 7) is 6.83. The predicted octanol–water partition coefficient (Wildman–Crippen LogP) is 0.597. The van der Waals surface area contributed by atoms with E-state index in [2.05, 4.69) is 0 Å². The zero-order valence-electron chi connectivity index (χ0n) is 18.1. The number of aliphatic hydroxyl groups is 5. The molecule has 0 radical (unpaired) electrons. The Bertz CT molecular complexity index is 716. The van der Waals surface area contributed by atoms with E-state index in [9.17, 15) is 30.3 Å². The Hall–Kier alpha value is -0.730. The van der Waals surface area contributed by atoms with E-state index >= 15 is 0 Å². The van der Waals surface area contributed by atoms with Crippen molar-refractivity contribution in [2.45, 2.75) is 88.8 Å². The summed E-state index contributed by atoms with van der Waals surface area (Å²) in [6.07, 6.45) is -0.483. The topological polar surface area (TPSA) is 127 Å². The molecule has 4 saturated carbocycles. The second kappa shape index (κ2) is 5.94. The van der Waals surface area contributed by atoms with Gasteiger partial charge in [0.1, 0.15) is 5.60 Å². The van der Waals surface area contributed by atoms with Gasteiger partial charge in [-0.1, -0.05) is 13.8 Å². The van der Waals surface area contributed by atoms with E-state index in [-0.39, 0.29) is 25.2 Å². The van der Waals surface area contributed by atoms with Gasteiger partial charge in [-0.25, -0.2) is 0 Å². The van der Waals surface area contributed by atoms with Crippen LogP contribution in [0, 0.1) is 34.5 Å². The maximum atomic E-state index is 12.9. The molecule has 166 valence electrons. The van der Waals surface area contributed by atoms with Gasteiger partial charge in [0.05, 0.1) is 36.4 Å². The van der Waals surface area contributed by atoms with Crippen LogP contribution in [0.2, 0.25) is 0 Å². The summed E-state index contributed by atoms with van der Waals surface area (Å²) < 4.78 is 5.11. The normalized spacial score (nSPS) is 58.3. The Morgan fingerprint density at radius 2 is 1.59 bits per heavy atom. The number of methoxy groups -OCH3 is 1. The first kappa shape index (κ1) is 21.5. The van der Waals surface area contributed by atoms with Gasteiger partial charge in [-0.2, -0.15) is 0 Å². The molecule has 7 nitrogen and oxygen atoms in total. The van der Waals surface area contributed by atoms with Gasteiger partial charge in [0.25, 0.3) is 0 Å². The van der Waals surface area contributed by atoms with Crippen molar-refractivity contribution in [2.24, 2.45) is 34.5 Å². The molecule has 7 heteroatoms. The molecule has 4 rings (SSSR count). The van der Waals surface area contributed by atoms with Crippen LogP contribution in [0.4, 0.5) is 0 Å². The first-order chi connectivity index (χ1) is 13.2. The Kier molecular flexibility index (Phi) is 4.41. The van der Waals surface area contributed by atoms with Gasteiger partial charge in [0, 0.05) is 17.3 Å². The maximum Gasteiger partial charge on any atom is 0.309 e. The van der Waals surface area contributed by atoms with Crippen molar-refractivity contribution in [3.8, 4) is 0 Å². The molecular formula is C22H36O7. The average molecular weight is 413 g/mol. The number of ether oxygens (including phenoxy) is 1. The minimum Gasteiger partial charge on any atom is -0.469 e. The SMILES string of the molecule is COC(=O)C1C2CCC3C(C)(O)C4CC(O)C(C)(C)C4(O)C(O)CC13CC2(C)O. The maximum absolute atomic E-state index is 12.9. The lowest BCUT2D eigenvalue weighted by molar-refractivity contribution is -0.200. The van der Waals surface area contributed by atoms with E-state index < -0.39 is 63.6 Å². The molecule has 29 heavy (non-hydrogen) atoms. The molecule has 4 fully saturated rings. The number of esters is 1. The molecule has 0 heterocycles. The lowest BCUT2D eigenvalue weighted by Crippen LogP contribution is -2.60. The minimum absolute atomic E-state index is 0.0728. The Balaban J connectivity index is 1.92. The summed E-state index contributed by atoms with van der Waals surface area (Å²) >= 11 is 0. The van der Waals surface area contributed by atoms with Gasteiger partial charge in [-0.15, -0.1) is 0 Å². The van der Waals surface area contributed by atoms with Crippen LogP contribution < -0.4 is 0 Å². The van der Waals surface area contributed by atoms with Crippen LogP contribution in [-0.2, 0) is 9.53 Å². The molecule has 0 amide bonds. The van der Waals surface area contributed by atoms with Crippen LogP contribution in [0.15, 0.2) is 0 Å². The molecular weight excluding hydrogens is 376 g/mol. The highest BCUT2D eigenvalue weighted by atomic mass is 16.5. The van der Waals surface area contributed by atoms with Crippen LogP contribution in [0.5, 0.6) is 0 Å². The average Bonchev–Trinajstić information content (AvgIpc) is 2.86. The Morgan fingerprint density at radius 1 is 0.966 bits per heavy atom. The van der Waals surface area contributed by atoms with Gasteiger partial charge in [-0.05, 0) is 57.3 Å². The fraction of sp³-hybridized carbons (Fsp3) is 0.955. The Morgan fingerprint density at radius 3 is 2.17 bits per heavy atom. The zero-order chi connectivity index (χ0) is 21.8. The highest BCUT2D eigenvalue weighted by molar-refractivity contribution is 5.75. The number of hydrogen-bond donors (Lipinski definition) is 5. The number of carbonyl (C=O) groups is 1. The van der Waals surface area contributed by atoms with Crippen LogP contribution >= 0.6 is 0 Å². The van der Waals surface area contributed by atoms with E-state index in [0.717, 1.165) is 0 Å². The molecule has 0 saturated heterocycles. The van der Waals surface area contributed by atoms with Crippen molar-refractivity contribution in [3.05, 3.63) is 0 Å². The van der Waals surface area contributed by atoms with Gasteiger partial charge >= 0.3 is 5.97 Å². The summed E-state index contributed by atoms with van der Waals surface area (Å²) in [7, 11) is 1.32. The molecule has 4 aliphatic carbocycles. The molecule has 5 N–H and O–H groups in total. The first-order valence-electron chi connectivity index (χ1n) is 10.8. The highest BCUT2D eigenvalue weighted by Gasteiger charge is 2.77. The Labute approximate surface area is 172 Å². The third kappa shape index (κ3) is 2.34. The van der Waals surface area contributed by atoms with E-state index in [1.54, 1.807) is 27.7 Å². The quantitative estimate of drug-likeness (QED) is 0.399. The van der Waals surface area contributed by atoms with E-state index in [0.29, 0.717) is 12.8 Å². The predicted molar refractivity (Wildman–Crippen MR) is 103 cm³/mol. The molecule has 10 atom stereocenters. The molecule has 0 aromatic heterocycles. The van der Waals surface area contributed by atoms with Gasteiger partial charge < -0.3 is 30.3 Å². The lowest BCUT2D eigenvalue weighted by Gasteiger charge is -2.51. The highest BCUT2D eigenvalue weighted by Crippen LogP contribution is 2.71. The molecule has 0 aromatic rings. The first-order valence-corrected chi connectivity index (χ1v) is 10.8. The monoisotopic (exact) mass is 412 g/mol. The second-order valence-corrected chi connectivity index (χ2v) is 11.3. The summed E-state index contributed by atoms with van der Waals surface area (Å²) in [5.74, 6) is -2.57. The number of hydrogen-bond acceptors (Lipinski definition) is 7. The molecule has 4 aliphatic rings. The third-order valence-electron chi connectivity index (χ3n) is 9.77. The standard InChI is InChI=1S/C22H36O7/c1-18(2)14(23)8-13-20(4,27)12-7-6-11-16(17(25)29-5)21(12,10-19(11,3)26)9-15(24)22(13,18)28/h11-16,23-24,26-28H,6-10H2,1-5H3. The van der Waals surface area contributed by atoms with Gasteiger partial charge in [0.2, 0.25) is 0 Å². The number of fused-ring (bicyclic) bond motifs is 2. The van der Waals surface area contributed by atoms with E-state index in [4.69, 9.17) is 4.74 Å². The van der Waals surface area contributed by atoms with Gasteiger partial charge in [-0.3, -0.25) is 4.79 Å². The second-order valence-electron chi connectivity index (χ2n) is 11.3. The largest absolute Gasteiger partial charge is 0.469 e. The van der Waals surface area contributed by atoms with Crippen molar-refractivity contribution in [2.75, 3.05) is 7.11 Å². The fourth-order valence-electron chi connectivity index (χ4n) is 8.38. The fourth-order valence-corrected chi connectivity index (χ4v) is 8.38. The van der Waals surface area contributed by atoms with Crippen LogP contribution in [0.25, 0.3) is 0 Å². The molecule has 2 bridgehead atoms. The minimum atomic E-state index is -1.72. The number of rotatable bonds is 1. The molecule has 0 aliphatic heterocycles. The van der Waals surface area contributed by atoms with Crippen molar-refractivity contribution < 1.29 is 35.1 Å². The van der Waals surface area contributed by atoms with Crippen molar-refractivity contribution in [1.82, 2.24) is 0 Å². The van der Waals surface area contributed by atoms with E-state index in [1.807, 2.05) is 0 Å². The van der Waals surface area contributed by atoms with Gasteiger partial charge in [0.15, 0.2) is 0 Å². The summed E-state index contributed by atoms with van der Waals surface area (Å²) in [5.41, 5.74) is -6.19. The van der Waals surface area contributed by atoms with Crippen molar-refractivity contribution >= 4 is 5.97 Å². The van der Waals surface area contributed by atoms with Crippen LogP contribution in [0.3, 0.4) is 0 Å². The summed E-state index contributed by atoms with van der Waals surface area (Å²) in [6, 6.07) is 0. The van der Waals surface area contributed by atoms with Crippen LogP contribution in [0.1, 0.15) is 59.8 Å². The number of aliphatic hydroxyl groups excluding tert-OH is 2. The molecule has 1 spiro atoms. The summed E-state index contributed by atoms with van der Waals surface area (Å²) in [5, 5.41) is 57.0. The zero-order valence-corrected chi connectivity index (χ0v) is 18.1. The third-order valence-corrected chi connectivity index (χ3v) is 9.77. The summed E-state index contributed by atoms with van der Waals surface area (Å²) in [4.78, 5) is 12.9.